The molecule has 1 aliphatic rings. The van der Waals surface area contributed by atoms with Crippen LogP contribution < -0.4 is 5.73 Å². The van der Waals surface area contributed by atoms with Gasteiger partial charge in [0.05, 0.1) is 17.9 Å². The average Bonchev–Trinajstić information content (AvgIpc) is 3.21. The first-order valence-corrected chi connectivity index (χ1v) is 12.1. The largest absolute Gasteiger partial charge is 0.382 e. The molecule has 0 aromatic carbocycles. The minimum atomic E-state index is -3.02. The summed E-state index contributed by atoms with van der Waals surface area (Å²) < 4.78 is 33.3. The number of aromatic nitrogens is 3. The van der Waals surface area contributed by atoms with E-state index in [0.717, 1.165) is 53.8 Å². The third-order valence-electron chi connectivity index (χ3n) is 5.59. The quantitative estimate of drug-likeness (QED) is 0.589. The molecule has 1 aliphatic heterocycles. The zero-order valence-electron chi connectivity index (χ0n) is 17.8. The van der Waals surface area contributed by atoms with Crippen molar-refractivity contribution in [2.24, 2.45) is 0 Å². The molecule has 1 fully saturated rings. The first-order valence-electron chi connectivity index (χ1n) is 10.5. The molecule has 29 heavy (non-hydrogen) atoms. The van der Waals surface area contributed by atoms with Gasteiger partial charge in [-0.1, -0.05) is 13.3 Å². The molecule has 3 rings (SSSR count). The molecule has 8 nitrogen and oxygen atoms in total. The summed E-state index contributed by atoms with van der Waals surface area (Å²) in [7, 11) is -3.02. The standard InChI is InChI=1S/C20H33N5O3S/c1-4-5-8-17-23-18-19(15(2)16(3)22-20(18)21)25(17)11-13-28-12-6-9-24-10-7-14-29(24,26)27/h4-14H2,1-3H3,(H2,21,22). The highest BCUT2D eigenvalue weighted by atomic mass is 32.2. The minimum Gasteiger partial charge on any atom is -0.382 e. The molecular weight excluding hydrogens is 390 g/mol. The van der Waals surface area contributed by atoms with Crippen molar-refractivity contribution < 1.29 is 13.2 Å². The van der Waals surface area contributed by atoms with E-state index in [4.69, 9.17) is 15.5 Å². The van der Waals surface area contributed by atoms with Gasteiger partial charge in [0, 0.05) is 38.4 Å². The first kappa shape index (κ1) is 22.0. The van der Waals surface area contributed by atoms with Gasteiger partial charge >= 0.3 is 0 Å². The summed E-state index contributed by atoms with van der Waals surface area (Å²) in [4.78, 5) is 9.20. The smallest absolute Gasteiger partial charge is 0.214 e. The summed E-state index contributed by atoms with van der Waals surface area (Å²) in [6.45, 7) is 9.17. The van der Waals surface area contributed by atoms with Crippen molar-refractivity contribution in [1.82, 2.24) is 18.8 Å². The van der Waals surface area contributed by atoms with Gasteiger partial charge in [-0.05, 0) is 38.7 Å². The summed E-state index contributed by atoms with van der Waals surface area (Å²) >= 11 is 0. The fourth-order valence-electron chi connectivity index (χ4n) is 3.86. The van der Waals surface area contributed by atoms with Gasteiger partial charge in [0.1, 0.15) is 11.3 Å². The van der Waals surface area contributed by atoms with Crippen LogP contribution >= 0.6 is 0 Å². The van der Waals surface area contributed by atoms with E-state index in [-0.39, 0.29) is 5.75 Å². The second-order valence-corrected chi connectivity index (χ2v) is 9.81. The number of anilines is 1. The van der Waals surface area contributed by atoms with Crippen LogP contribution in [0.15, 0.2) is 0 Å². The molecule has 0 radical (unpaired) electrons. The van der Waals surface area contributed by atoms with Crippen LogP contribution in [0, 0.1) is 13.8 Å². The van der Waals surface area contributed by atoms with Crippen molar-refractivity contribution in [3.8, 4) is 0 Å². The Labute approximate surface area is 173 Å². The highest BCUT2D eigenvalue weighted by Gasteiger charge is 2.27. The van der Waals surface area contributed by atoms with Crippen LogP contribution in [0.4, 0.5) is 5.82 Å². The molecule has 0 atom stereocenters. The first-order chi connectivity index (χ1) is 13.8. The lowest BCUT2D eigenvalue weighted by atomic mass is 10.2. The van der Waals surface area contributed by atoms with Crippen molar-refractivity contribution in [1.29, 1.82) is 0 Å². The third kappa shape index (κ3) is 4.90. The maximum absolute atomic E-state index is 11.8. The average molecular weight is 424 g/mol. The molecule has 9 heteroatoms. The summed E-state index contributed by atoms with van der Waals surface area (Å²) in [5.74, 6) is 1.78. The molecule has 3 heterocycles. The Morgan fingerprint density at radius 3 is 2.62 bits per heavy atom. The van der Waals surface area contributed by atoms with Gasteiger partial charge in [0.25, 0.3) is 0 Å². The molecular formula is C20H33N5O3S. The maximum Gasteiger partial charge on any atom is 0.214 e. The molecule has 2 aromatic heterocycles. The van der Waals surface area contributed by atoms with Gasteiger partial charge in [-0.25, -0.2) is 22.7 Å². The number of nitrogens with two attached hydrogens (primary N) is 1. The number of fused-ring (bicyclic) bond motifs is 1. The zero-order valence-corrected chi connectivity index (χ0v) is 18.6. The fraction of sp³-hybridized carbons (Fsp3) is 0.700. The number of rotatable bonds is 10. The monoisotopic (exact) mass is 423 g/mol. The Morgan fingerprint density at radius 1 is 1.14 bits per heavy atom. The molecule has 162 valence electrons. The summed E-state index contributed by atoms with van der Waals surface area (Å²) in [5.41, 5.74) is 9.99. The van der Waals surface area contributed by atoms with Gasteiger partial charge in [-0.15, -0.1) is 0 Å². The highest BCUT2D eigenvalue weighted by Crippen LogP contribution is 2.26. The predicted octanol–water partition coefficient (Wildman–Crippen LogP) is 2.42. The van der Waals surface area contributed by atoms with Crippen molar-refractivity contribution in [3.63, 3.8) is 0 Å². The lowest BCUT2D eigenvalue weighted by Gasteiger charge is -2.15. The van der Waals surface area contributed by atoms with E-state index in [9.17, 15) is 8.42 Å². The number of aryl methyl sites for hydroxylation is 3. The number of hydrogen-bond donors (Lipinski definition) is 1. The molecule has 1 saturated heterocycles. The number of hydrogen-bond acceptors (Lipinski definition) is 6. The molecule has 2 aromatic rings. The highest BCUT2D eigenvalue weighted by molar-refractivity contribution is 7.89. The van der Waals surface area contributed by atoms with E-state index in [2.05, 4.69) is 23.4 Å². The zero-order chi connectivity index (χ0) is 21.0. The maximum atomic E-state index is 11.8. The van der Waals surface area contributed by atoms with Crippen LogP contribution in [0.5, 0.6) is 0 Å². The number of imidazole rings is 1. The molecule has 0 aliphatic carbocycles. The molecule has 0 saturated carbocycles. The van der Waals surface area contributed by atoms with Crippen LogP contribution in [0.3, 0.4) is 0 Å². The van der Waals surface area contributed by atoms with Crippen molar-refractivity contribution >= 4 is 26.9 Å². The number of sulfonamides is 1. The van der Waals surface area contributed by atoms with E-state index in [1.165, 1.54) is 0 Å². The number of nitrogen functional groups attached to an aromatic ring is 1. The Balaban J connectivity index is 1.62. The number of ether oxygens (including phenoxy) is 1. The molecule has 0 bridgehead atoms. The second-order valence-electron chi connectivity index (χ2n) is 7.72. The van der Waals surface area contributed by atoms with E-state index in [1.807, 2.05) is 6.92 Å². The second kappa shape index (κ2) is 9.40. The van der Waals surface area contributed by atoms with Gasteiger partial charge in [0.2, 0.25) is 10.0 Å². The Hall–Kier alpha value is -1.71. The van der Waals surface area contributed by atoms with E-state index in [1.54, 1.807) is 4.31 Å². The van der Waals surface area contributed by atoms with Crippen molar-refractivity contribution in [2.75, 3.05) is 37.8 Å². The van der Waals surface area contributed by atoms with Gasteiger partial charge in [-0.2, -0.15) is 0 Å². The van der Waals surface area contributed by atoms with E-state index < -0.39 is 10.0 Å². The lowest BCUT2D eigenvalue weighted by molar-refractivity contribution is 0.120. The third-order valence-corrected chi connectivity index (χ3v) is 7.54. The van der Waals surface area contributed by atoms with Gasteiger partial charge in [0.15, 0.2) is 5.82 Å². The lowest BCUT2D eigenvalue weighted by Crippen LogP contribution is -2.27. The summed E-state index contributed by atoms with van der Waals surface area (Å²) in [6.07, 6.45) is 4.51. The predicted molar refractivity (Wildman–Crippen MR) is 115 cm³/mol. The van der Waals surface area contributed by atoms with Gasteiger partial charge < -0.3 is 15.0 Å². The van der Waals surface area contributed by atoms with Crippen LogP contribution in [0.2, 0.25) is 0 Å². The van der Waals surface area contributed by atoms with Crippen LogP contribution in [-0.2, 0) is 27.7 Å². The molecule has 0 unspecified atom stereocenters. The Bertz CT molecular complexity index is 955. The Morgan fingerprint density at radius 2 is 1.93 bits per heavy atom. The van der Waals surface area contributed by atoms with Crippen LogP contribution in [0.25, 0.3) is 11.0 Å². The molecule has 2 N–H and O–H groups in total. The minimum absolute atomic E-state index is 0.277. The van der Waals surface area contributed by atoms with Crippen LogP contribution in [0.1, 0.15) is 49.7 Å². The number of nitrogens with zero attached hydrogens (tertiary/aromatic N) is 4. The van der Waals surface area contributed by atoms with E-state index in [0.29, 0.717) is 45.1 Å². The fourth-order valence-corrected chi connectivity index (χ4v) is 5.42. The van der Waals surface area contributed by atoms with Gasteiger partial charge in [-0.3, -0.25) is 0 Å². The summed E-state index contributed by atoms with van der Waals surface area (Å²) in [5, 5.41) is 0. The summed E-state index contributed by atoms with van der Waals surface area (Å²) in [6, 6.07) is 0. The molecule has 0 amide bonds. The van der Waals surface area contributed by atoms with Crippen LogP contribution in [-0.4, -0.2) is 59.3 Å². The van der Waals surface area contributed by atoms with E-state index >= 15 is 0 Å². The number of pyridine rings is 1. The SMILES string of the molecule is CCCCc1nc2c(N)nc(C)c(C)c2n1CCOCCCN1CCCS1(=O)=O. The van der Waals surface area contributed by atoms with Crippen molar-refractivity contribution in [3.05, 3.63) is 17.1 Å². The number of unbranched alkanes of at least 4 members (excludes halogenated alkanes) is 1. The normalized spacial score (nSPS) is 16.8. The van der Waals surface area contributed by atoms with Crippen molar-refractivity contribution in [2.45, 2.75) is 59.4 Å². The Kier molecular flexibility index (Phi) is 7.13. The topological polar surface area (TPSA) is 103 Å². The molecule has 0 spiro atoms.